The molecule has 5 nitrogen and oxygen atoms in total. The van der Waals surface area contributed by atoms with Crippen LogP contribution in [-0.2, 0) is 0 Å². The van der Waals surface area contributed by atoms with E-state index >= 15 is 0 Å². The summed E-state index contributed by atoms with van der Waals surface area (Å²) in [7, 11) is 1.56. The second-order valence-electron chi connectivity index (χ2n) is 4.67. The predicted molar refractivity (Wildman–Crippen MR) is 82.7 cm³/mol. The van der Waals surface area contributed by atoms with Gasteiger partial charge in [0.15, 0.2) is 0 Å². The van der Waals surface area contributed by atoms with E-state index in [2.05, 4.69) is 15.0 Å². The number of ether oxygens (including phenoxy) is 1. The number of hydrogen-bond donors (Lipinski definition) is 2. The minimum atomic E-state index is 0.136. The predicted octanol–water partition coefficient (Wildman–Crippen LogP) is 3.34. The molecule has 0 atom stereocenters. The Morgan fingerprint density at radius 1 is 1.29 bits per heavy atom. The Kier molecular flexibility index (Phi) is 3.31. The molecule has 2 N–H and O–H groups in total. The Bertz CT molecular complexity index is 822. The molecule has 0 saturated heterocycles. The molecule has 0 bridgehead atoms. The summed E-state index contributed by atoms with van der Waals surface area (Å²) in [5.41, 5.74) is 3.18. The molecule has 0 radical (unpaired) electrons. The van der Waals surface area contributed by atoms with Crippen molar-refractivity contribution >= 4 is 22.9 Å². The monoisotopic (exact) mass is 281 g/mol. The third-order valence-electron chi connectivity index (χ3n) is 3.19. The number of nitrogens with zero attached hydrogens (tertiary/aromatic N) is 2. The van der Waals surface area contributed by atoms with E-state index in [4.69, 9.17) is 4.74 Å². The number of rotatable bonds is 3. The highest BCUT2D eigenvalue weighted by Gasteiger charge is 2.05. The third-order valence-corrected chi connectivity index (χ3v) is 3.19. The van der Waals surface area contributed by atoms with Crippen molar-refractivity contribution in [3.8, 4) is 11.5 Å². The van der Waals surface area contributed by atoms with Gasteiger partial charge in [0.05, 0.1) is 29.4 Å². The van der Waals surface area contributed by atoms with Crippen LogP contribution in [0, 0.1) is 6.92 Å². The van der Waals surface area contributed by atoms with Gasteiger partial charge in [-0.05, 0) is 37.3 Å². The molecule has 1 aromatic heterocycles. The second-order valence-corrected chi connectivity index (χ2v) is 4.67. The third kappa shape index (κ3) is 2.58. The molecule has 0 aliphatic rings. The molecule has 21 heavy (non-hydrogen) atoms. The van der Waals surface area contributed by atoms with Gasteiger partial charge in [-0.15, -0.1) is 0 Å². The fourth-order valence-electron chi connectivity index (χ4n) is 2.18. The van der Waals surface area contributed by atoms with Crippen LogP contribution in [0.2, 0.25) is 0 Å². The zero-order chi connectivity index (χ0) is 14.8. The van der Waals surface area contributed by atoms with Crippen LogP contribution in [0.4, 0.5) is 5.69 Å². The zero-order valence-corrected chi connectivity index (χ0v) is 11.8. The summed E-state index contributed by atoms with van der Waals surface area (Å²) < 4.78 is 5.22. The summed E-state index contributed by atoms with van der Waals surface area (Å²) in [5.74, 6) is 1.59. The molecule has 1 heterocycles. The number of benzene rings is 2. The highest BCUT2D eigenvalue weighted by atomic mass is 16.5. The highest BCUT2D eigenvalue weighted by molar-refractivity contribution is 5.89. The number of aromatic hydroxyl groups is 1. The maximum atomic E-state index is 9.89. The van der Waals surface area contributed by atoms with Gasteiger partial charge < -0.3 is 14.8 Å². The van der Waals surface area contributed by atoms with Crippen LogP contribution in [0.5, 0.6) is 11.5 Å². The fraction of sp³-hybridized carbons (Fsp3) is 0.125. The Balaban J connectivity index is 1.97. The van der Waals surface area contributed by atoms with Crippen molar-refractivity contribution in [3.63, 3.8) is 0 Å². The van der Waals surface area contributed by atoms with Crippen molar-refractivity contribution in [1.29, 1.82) is 0 Å². The number of phenols is 1. The van der Waals surface area contributed by atoms with E-state index < -0.39 is 0 Å². The molecule has 0 aliphatic carbocycles. The van der Waals surface area contributed by atoms with Crippen LogP contribution in [0.1, 0.15) is 11.4 Å². The van der Waals surface area contributed by atoms with Crippen molar-refractivity contribution in [2.24, 2.45) is 4.99 Å². The Hall–Kier alpha value is -2.82. The van der Waals surface area contributed by atoms with E-state index in [0.717, 1.165) is 22.5 Å². The summed E-state index contributed by atoms with van der Waals surface area (Å²) in [5, 5.41) is 9.89. The summed E-state index contributed by atoms with van der Waals surface area (Å²) in [4.78, 5) is 11.9. The Labute approximate surface area is 121 Å². The summed E-state index contributed by atoms with van der Waals surface area (Å²) in [6.45, 7) is 1.91. The van der Waals surface area contributed by atoms with Gasteiger partial charge in [0.25, 0.3) is 0 Å². The van der Waals surface area contributed by atoms with E-state index in [1.54, 1.807) is 31.5 Å². The van der Waals surface area contributed by atoms with E-state index in [1.807, 2.05) is 25.1 Å². The van der Waals surface area contributed by atoms with Crippen LogP contribution in [0.3, 0.4) is 0 Å². The molecule has 0 fully saturated rings. The lowest BCUT2D eigenvalue weighted by atomic mass is 10.2. The Morgan fingerprint density at radius 3 is 2.95 bits per heavy atom. The van der Waals surface area contributed by atoms with Crippen molar-refractivity contribution in [2.75, 3.05) is 7.11 Å². The van der Waals surface area contributed by atoms with Gasteiger partial charge in [-0.1, -0.05) is 6.07 Å². The van der Waals surface area contributed by atoms with Crippen molar-refractivity contribution < 1.29 is 9.84 Å². The van der Waals surface area contributed by atoms with E-state index in [9.17, 15) is 5.11 Å². The maximum Gasteiger partial charge on any atom is 0.131 e. The molecule has 0 amide bonds. The lowest BCUT2D eigenvalue weighted by Crippen LogP contribution is -1.90. The smallest absolute Gasteiger partial charge is 0.131 e. The number of aromatic amines is 1. The SMILES string of the molecule is COc1cccc(O)c1C=Nc1ccc2nc(C)[nH]c2c1. The Morgan fingerprint density at radius 2 is 2.14 bits per heavy atom. The van der Waals surface area contributed by atoms with Crippen LogP contribution in [-0.4, -0.2) is 28.4 Å². The number of aliphatic imine (C=N–C) groups is 1. The van der Waals surface area contributed by atoms with Crippen LogP contribution < -0.4 is 4.74 Å². The molecule has 2 aromatic carbocycles. The van der Waals surface area contributed by atoms with E-state index in [1.165, 1.54) is 0 Å². The molecule has 3 rings (SSSR count). The average Bonchev–Trinajstić information content (AvgIpc) is 2.85. The number of H-pyrrole nitrogens is 1. The number of aryl methyl sites for hydroxylation is 1. The number of phenolic OH excluding ortho intramolecular Hbond substituents is 1. The number of nitrogens with one attached hydrogen (secondary N) is 1. The summed E-state index contributed by atoms with van der Waals surface area (Å²) in [6.07, 6.45) is 1.60. The molecular weight excluding hydrogens is 266 g/mol. The van der Waals surface area contributed by atoms with Gasteiger partial charge in [0.2, 0.25) is 0 Å². The van der Waals surface area contributed by atoms with Gasteiger partial charge in [0, 0.05) is 6.21 Å². The topological polar surface area (TPSA) is 70.5 Å². The average molecular weight is 281 g/mol. The summed E-state index contributed by atoms with van der Waals surface area (Å²) >= 11 is 0. The molecule has 3 aromatic rings. The fourth-order valence-corrected chi connectivity index (χ4v) is 2.18. The number of imidazole rings is 1. The molecule has 106 valence electrons. The lowest BCUT2D eigenvalue weighted by Gasteiger charge is -2.05. The molecule has 0 saturated carbocycles. The zero-order valence-electron chi connectivity index (χ0n) is 11.8. The van der Waals surface area contributed by atoms with Gasteiger partial charge in [-0.2, -0.15) is 0 Å². The first-order valence-corrected chi connectivity index (χ1v) is 6.54. The van der Waals surface area contributed by atoms with Crippen molar-refractivity contribution in [1.82, 2.24) is 9.97 Å². The van der Waals surface area contributed by atoms with Crippen LogP contribution in [0.25, 0.3) is 11.0 Å². The first-order chi connectivity index (χ1) is 10.2. The standard InChI is InChI=1S/C16H15N3O2/c1-10-18-13-7-6-11(8-14(13)19-10)17-9-12-15(20)4-3-5-16(12)21-2/h3-9,20H,1-2H3,(H,18,19). The van der Waals surface area contributed by atoms with E-state index in [0.29, 0.717) is 11.3 Å². The van der Waals surface area contributed by atoms with Gasteiger partial charge in [-0.3, -0.25) is 4.99 Å². The minimum Gasteiger partial charge on any atom is -0.507 e. The minimum absolute atomic E-state index is 0.136. The highest BCUT2D eigenvalue weighted by Crippen LogP contribution is 2.26. The molecule has 5 heteroatoms. The number of fused-ring (bicyclic) bond motifs is 1. The molecule has 0 aliphatic heterocycles. The molecule has 0 spiro atoms. The van der Waals surface area contributed by atoms with Gasteiger partial charge in [-0.25, -0.2) is 4.98 Å². The van der Waals surface area contributed by atoms with Crippen molar-refractivity contribution in [3.05, 3.63) is 47.8 Å². The molecule has 0 unspecified atom stereocenters. The van der Waals surface area contributed by atoms with Crippen LogP contribution >= 0.6 is 0 Å². The van der Waals surface area contributed by atoms with Gasteiger partial charge >= 0.3 is 0 Å². The number of methoxy groups -OCH3 is 1. The van der Waals surface area contributed by atoms with Crippen molar-refractivity contribution in [2.45, 2.75) is 6.92 Å². The quantitative estimate of drug-likeness (QED) is 0.723. The first-order valence-electron chi connectivity index (χ1n) is 6.54. The summed E-state index contributed by atoms with van der Waals surface area (Å²) in [6, 6.07) is 10.8. The van der Waals surface area contributed by atoms with E-state index in [-0.39, 0.29) is 5.75 Å². The normalized spacial score (nSPS) is 11.3. The number of aromatic nitrogens is 2. The maximum absolute atomic E-state index is 9.89. The van der Waals surface area contributed by atoms with Crippen LogP contribution in [0.15, 0.2) is 41.4 Å². The largest absolute Gasteiger partial charge is 0.507 e. The second kappa shape index (κ2) is 5.28. The number of hydrogen-bond acceptors (Lipinski definition) is 4. The first kappa shape index (κ1) is 13.2. The van der Waals surface area contributed by atoms with Gasteiger partial charge in [0.1, 0.15) is 17.3 Å². The molecular formula is C16H15N3O2. The lowest BCUT2D eigenvalue weighted by molar-refractivity contribution is 0.406.